The van der Waals surface area contributed by atoms with Crippen LogP contribution in [0.15, 0.2) is 45.9 Å². The summed E-state index contributed by atoms with van der Waals surface area (Å²) in [7, 11) is 0. The standard InChI is InChI=1S/C19H18N6O2S/c1-2-6-15-23-16(27-25-15)11-28-19-12(10-20)9-14(17(21)24-19)18(26)22-13-7-4-3-5-8-13/h3-5,7-9H,2,6,11H2,1H3,(H2,21,24)(H,22,26). The van der Waals surface area contributed by atoms with Gasteiger partial charge in [0.2, 0.25) is 5.89 Å². The zero-order valence-corrected chi connectivity index (χ0v) is 16.0. The van der Waals surface area contributed by atoms with E-state index in [4.69, 9.17) is 10.3 Å². The van der Waals surface area contributed by atoms with E-state index in [0.29, 0.717) is 28.2 Å². The molecule has 0 saturated carbocycles. The topological polar surface area (TPSA) is 131 Å². The van der Waals surface area contributed by atoms with Crippen LogP contribution in [0.4, 0.5) is 11.5 Å². The maximum Gasteiger partial charge on any atom is 0.259 e. The number of nitriles is 1. The average Bonchev–Trinajstić information content (AvgIpc) is 3.15. The van der Waals surface area contributed by atoms with E-state index in [0.717, 1.165) is 12.8 Å². The maximum absolute atomic E-state index is 12.5. The molecule has 28 heavy (non-hydrogen) atoms. The van der Waals surface area contributed by atoms with Gasteiger partial charge < -0.3 is 15.6 Å². The maximum atomic E-state index is 12.5. The third-order valence-corrected chi connectivity index (χ3v) is 4.71. The van der Waals surface area contributed by atoms with Crippen LogP contribution in [-0.4, -0.2) is 21.0 Å². The summed E-state index contributed by atoms with van der Waals surface area (Å²) in [5.41, 5.74) is 7.00. The van der Waals surface area contributed by atoms with Gasteiger partial charge in [0.15, 0.2) is 5.82 Å². The van der Waals surface area contributed by atoms with Crippen molar-refractivity contribution in [3.8, 4) is 6.07 Å². The number of hydrogen-bond acceptors (Lipinski definition) is 8. The van der Waals surface area contributed by atoms with Crippen molar-refractivity contribution < 1.29 is 9.32 Å². The van der Waals surface area contributed by atoms with Gasteiger partial charge in [-0.05, 0) is 24.6 Å². The van der Waals surface area contributed by atoms with Crippen molar-refractivity contribution in [1.29, 1.82) is 5.26 Å². The zero-order chi connectivity index (χ0) is 19.9. The van der Waals surface area contributed by atoms with E-state index >= 15 is 0 Å². The van der Waals surface area contributed by atoms with E-state index in [1.54, 1.807) is 24.3 Å². The molecule has 3 N–H and O–H groups in total. The number of amides is 1. The summed E-state index contributed by atoms with van der Waals surface area (Å²) in [4.78, 5) is 21.0. The van der Waals surface area contributed by atoms with E-state index in [1.165, 1.54) is 17.8 Å². The van der Waals surface area contributed by atoms with Crippen LogP contribution in [0.1, 0.15) is 41.0 Å². The minimum absolute atomic E-state index is 0.0483. The lowest BCUT2D eigenvalue weighted by molar-refractivity contribution is 0.102. The molecule has 2 aromatic heterocycles. The predicted molar refractivity (Wildman–Crippen MR) is 106 cm³/mol. The number of rotatable bonds is 7. The second kappa shape index (κ2) is 9.01. The van der Waals surface area contributed by atoms with Gasteiger partial charge in [0.25, 0.3) is 5.91 Å². The van der Waals surface area contributed by atoms with E-state index in [1.807, 2.05) is 13.0 Å². The van der Waals surface area contributed by atoms with Gasteiger partial charge in [0.1, 0.15) is 16.9 Å². The van der Waals surface area contributed by atoms with Crippen LogP contribution in [0.5, 0.6) is 0 Å². The van der Waals surface area contributed by atoms with Crippen molar-refractivity contribution in [2.75, 3.05) is 11.1 Å². The number of thioether (sulfide) groups is 1. The molecular formula is C19H18N6O2S. The van der Waals surface area contributed by atoms with Crippen LogP contribution < -0.4 is 11.1 Å². The SMILES string of the molecule is CCCc1noc(CSc2nc(N)c(C(=O)Nc3ccccc3)cc2C#N)n1. The van der Waals surface area contributed by atoms with Crippen LogP contribution in [0.25, 0.3) is 0 Å². The molecule has 0 saturated heterocycles. The van der Waals surface area contributed by atoms with Crippen molar-refractivity contribution in [3.63, 3.8) is 0 Å². The summed E-state index contributed by atoms with van der Waals surface area (Å²) in [6, 6.07) is 12.5. The third kappa shape index (κ3) is 4.66. The van der Waals surface area contributed by atoms with E-state index in [9.17, 15) is 10.1 Å². The van der Waals surface area contributed by atoms with Crippen LogP contribution in [0.3, 0.4) is 0 Å². The van der Waals surface area contributed by atoms with Crippen molar-refractivity contribution in [3.05, 3.63) is 59.2 Å². The number of aromatic nitrogens is 3. The van der Waals surface area contributed by atoms with Gasteiger partial charge in [0, 0.05) is 12.1 Å². The summed E-state index contributed by atoms with van der Waals surface area (Å²) in [5, 5.41) is 16.5. The molecule has 1 amide bonds. The molecule has 0 fully saturated rings. The largest absolute Gasteiger partial charge is 0.383 e. The molecule has 0 aliphatic heterocycles. The minimum atomic E-state index is -0.426. The van der Waals surface area contributed by atoms with Gasteiger partial charge in [-0.25, -0.2) is 4.98 Å². The van der Waals surface area contributed by atoms with Crippen molar-refractivity contribution in [1.82, 2.24) is 15.1 Å². The number of hydrogen-bond donors (Lipinski definition) is 2. The van der Waals surface area contributed by atoms with Crippen LogP contribution in [0.2, 0.25) is 0 Å². The highest BCUT2D eigenvalue weighted by atomic mass is 32.2. The molecule has 0 aliphatic rings. The van der Waals surface area contributed by atoms with Gasteiger partial charge in [-0.1, -0.05) is 42.0 Å². The fourth-order valence-electron chi connectivity index (χ4n) is 2.41. The summed E-state index contributed by atoms with van der Waals surface area (Å²) >= 11 is 1.25. The Bertz CT molecular complexity index is 1010. The Hall–Kier alpha value is -3.38. The Morgan fingerprint density at radius 1 is 1.32 bits per heavy atom. The molecule has 2 heterocycles. The average molecular weight is 394 g/mol. The Morgan fingerprint density at radius 2 is 2.11 bits per heavy atom. The Labute approximate surface area is 166 Å². The summed E-state index contributed by atoms with van der Waals surface area (Å²) < 4.78 is 5.18. The quantitative estimate of drug-likeness (QED) is 0.583. The number of carbonyl (C=O) groups is 1. The molecule has 3 aromatic rings. The first-order valence-corrected chi connectivity index (χ1v) is 9.60. The Kier molecular flexibility index (Phi) is 6.24. The van der Waals surface area contributed by atoms with Gasteiger partial charge in [-0.15, -0.1) is 0 Å². The molecule has 0 aliphatic carbocycles. The number of anilines is 2. The first-order valence-electron chi connectivity index (χ1n) is 8.62. The van der Waals surface area contributed by atoms with Crippen molar-refractivity contribution in [2.24, 2.45) is 0 Å². The number of nitrogens with zero attached hydrogens (tertiary/aromatic N) is 4. The minimum Gasteiger partial charge on any atom is -0.383 e. The van der Waals surface area contributed by atoms with E-state index in [2.05, 4.69) is 26.5 Å². The van der Waals surface area contributed by atoms with Crippen LogP contribution in [-0.2, 0) is 12.2 Å². The van der Waals surface area contributed by atoms with Crippen LogP contribution >= 0.6 is 11.8 Å². The molecule has 0 spiro atoms. The summed E-state index contributed by atoms with van der Waals surface area (Å²) in [5.74, 6) is 1.08. The summed E-state index contributed by atoms with van der Waals surface area (Å²) in [6.45, 7) is 2.03. The zero-order valence-electron chi connectivity index (χ0n) is 15.2. The number of nitrogen functional groups attached to an aromatic ring is 1. The normalized spacial score (nSPS) is 10.4. The fourth-order valence-corrected chi connectivity index (χ4v) is 3.21. The predicted octanol–water partition coefficient (Wildman–Crippen LogP) is 3.42. The van der Waals surface area contributed by atoms with E-state index < -0.39 is 5.91 Å². The van der Waals surface area contributed by atoms with Crippen molar-refractivity contribution >= 4 is 29.2 Å². The lowest BCUT2D eigenvalue weighted by Crippen LogP contribution is -2.15. The Balaban J connectivity index is 1.75. The van der Waals surface area contributed by atoms with Gasteiger partial charge in [0.05, 0.1) is 16.9 Å². The number of pyridine rings is 1. The highest BCUT2D eigenvalue weighted by molar-refractivity contribution is 7.98. The van der Waals surface area contributed by atoms with Gasteiger partial charge in [-0.2, -0.15) is 10.2 Å². The molecule has 9 heteroatoms. The lowest BCUT2D eigenvalue weighted by atomic mass is 10.2. The fraction of sp³-hybridized carbons (Fsp3) is 0.211. The molecule has 0 radical (unpaired) electrons. The molecule has 0 atom stereocenters. The third-order valence-electron chi connectivity index (χ3n) is 3.73. The molecule has 1 aromatic carbocycles. The number of nitrogens with one attached hydrogen (secondary N) is 1. The second-order valence-corrected chi connectivity index (χ2v) is 6.81. The number of benzene rings is 1. The second-order valence-electron chi connectivity index (χ2n) is 5.85. The number of carbonyl (C=O) groups excluding carboxylic acids is 1. The molecular weight excluding hydrogens is 376 g/mol. The molecule has 0 unspecified atom stereocenters. The molecule has 3 rings (SSSR count). The molecule has 0 bridgehead atoms. The van der Waals surface area contributed by atoms with Crippen LogP contribution in [0, 0.1) is 11.3 Å². The highest BCUT2D eigenvalue weighted by Crippen LogP contribution is 2.27. The number of para-hydroxylation sites is 1. The Morgan fingerprint density at radius 3 is 2.82 bits per heavy atom. The molecule has 142 valence electrons. The highest BCUT2D eigenvalue weighted by Gasteiger charge is 2.17. The first-order chi connectivity index (χ1) is 13.6. The summed E-state index contributed by atoms with van der Waals surface area (Å²) in [6.07, 6.45) is 1.67. The first kappa shape index (κ1) is 19.4. The van der Waals surface area contributed by atoms with Gasteiger partial charge in [-0.3, -0.25) is 4.79 Å². The van der Waals surface area contributed by atoms with E-state index in [-0.39, 0.29) is 16.9 Å². The van der Waals surface area contributed by atoms with Crippen molar-refractivity contribution in [2.45, 2.75) is 30.5 Å². The smallest absolute Gasteiger partial charge is 0.259 e. The number of nitrogens with two attached hydrogens (primary N) is 1. The lowest BCUT2D eigenvalue weighted by Gasteiger charge is -2.09. The van der Waals surface area contributed by atoms with Gasteiger partial charge >= 0.3 is 0 Å². The number of aryl methyl sites for hydroxylation is 1. The molecule has 8 nitrogen and oxygen atoms in total. The monoisotopic (exact) mass is 394 g/mol.